The molecule has 0 spiro atoms. The molecule has 8 nitrogen and oxygen atoms in total. The lowest BCUT2D eigenvalue weighted by Crippen LogP contribution is -2.43. The van der Waals surface area contributed by atoms with Crippen molar-refractivity contribution in [3.05, 3.63) is 103 Å². The van der Waals surface area contributed by atoms with Gasteiger partial charge in [0, 0.05) is 19.8 Å². The summed E-state index contributed by atoms with van der Waals surface area (Å²) in [6, 6.07) is 17.2. The molecule has 188 valence electrons. The van der Waals surface area contributed by atoms with E-state index in [-0.39, 0.29) is 12.5 Å². The van der Waals surface area contributed by atoms with Gasteiger partial charge in [-0.1, -0.05) is 56.3 Å². The van der Waals surface area contributed by atoms with Gasteiger partial charge in [0.05, 0.1) is 23.7 Å². The van der Waals surface area contributed by atoms with Crippen LogP contribution in [-0.2, 0) is 30.2 Å². The summed E-state index contributed by atoms with van der Waals surface area (Å²) in [7, 11) is 3.03. The van der Waals surface area contributed by atoms with Crippen LogP contribution in [0, 0.1) is 5.92 Å². The Labute approximate surface area is 209 Å². The predicted octanol–water partition coefficient (Wildman–Crippen LogP) is 3.69. The van der Waals surface area contributed by atoms with Crippen molar-refractivity contribution in [1.82, 2.24) is 9.13 Å². The van der Waals surface area contributed by atoms with Crippen LogP contribution in [0.3, 0.4) is 0 Å². The van der Waals surface area contributed by atoms with Gasteiger partial charge in [0.15, 0.2) is 0 Å². The molecule has 0 fully saturated rings. The molecule has 0 saturated carbocycles. The maximum Gasteiger partial charge on any atom is 0.336 e. The van der Waals surface area contributed by atoms with Crippen molar-refractivity contribution >= 4 is 11.8 Å². The number of carbonyl (C=O) groups is 1. The molecule has 0 bridgehead atoms. The third kappa shape index (κ3) is 4.84. The molecule has 1 aliphatic rings. The van der Waals surface area contributed by atoms with Gasteiger partial charge in [-0.3, -0.25) is 13.9 Å². The fourth-order valence-electron chi connectivity index (χ4n) is 4.31. The quantitative estimate of drug-likeness (QED) is 0.509. The second-order valence-electron chi connectivity index (χ2n) is 9.40. The number of benzene rings is 2. The van der Waals surface area contributed by atoms with Gasteiger partial charge in [0.25, 0.3) is 5.56 Å². The molecular formula is C28H31N3O5. The van der Waals surface area contributed by atoms with E-state index in [1.54, 1.807) is 14.0 Å². The number of hydrogen-bond donors (Lipinski definition) is 1. The largest absolute Gasteiger partial charge is 0.489 e. The Morgan fingerprint density at radius 1 is 1.00 bits per heavy atom. The molecule has 1 N–H and O–H groups in total. The van der Waals surface area contributed by atoms with E-state index in [0.29, 0.717) is 35.0 Å². The second-order valence-corrected chi connectivity index (χ2v) is 9.40. The summed E-state index contributed by atoms with van der Waals surface area (Å²) in [6.07, 6.45) is 0. The van der Waals surface area contributed by atoms with Crippen LogP contribution in [-0.4, -0.2) is 21.7 Å². The first-order valence-electron chi connectivity index (χ1n) is 11.9. The van der Waals surface area contributed by atoms with E-state index in [0.717, 1.165) is 15.7 Å². The smallest absolute Gasteiger partial charge is 0.336 e. The van der Waals surface area contributed by atoms with Crippen LogP contribution in [0.25, 0.3) is 0 Å². The van der Waals surface area contributed by atoms with E-state index < -0.39 is 23.1 Å². The number of hydrogen-bond acceptors (Lipinski definition) is 6. The summed E-state index contributed by atoms with van der Waals surface area (Å²) in [5.41, 5.74) is 2.05. The van der Waals surface area contributed by atoms with Gasteiger partial charge in [0.1, 0.15) is 18.2 Å². The molecule has 0 amide bonds. The molecule has 2 heterocycles. The number of ether oxygens (including phenoxy) is 2. The van der Waals surface area contributed by atoms with E-state index in [9.17, 15) is 14.4 Å². The SMILES string of the molecule is CC1=C(C(=O)OCC(C)C)[C@@H](c2ccc(OCc3ccccc3)cc2)c2c(n(C)c(=O)n(C)c2=O)N1. The highest BCUT2D eigenvalue weighted by Gasteiger charge is 2.37. The summed E-state index contributed by atoms with van der Waals surface area (Å²) in [5.74, 6) is -0.0173. The molecule has 36 heavy (non-hydrogen) atoms. The molecule has 4 rings (SSSR count). The molecule has 3 aromatic rings. The lowest BCUT2D eigenvalue weighted by Gasteiger charge is -2.31. The van der Waals surface area contributed by atoms with Crippen molar-refractivity contribution in [3.8, 4) is 5.75 Å². The number of rotatable bonds is 7. The molecule has 1 aliphatic heterocycles. The predicted molar refractivity (Wildman–Crippen MR) is 138 cm³/mol. The average molecular weight is 490 g/mol. The zero-order valence-corrected chi connectivity index (χ0v) is 21.2. The normalized spacial score (nSPS) is 14.9. The molecule has 0 aliphatic carbocycles. The van der Waals surface area contributed by atoms with E-state index in [4.69, 9.17) is 9.47 Å². The number of carbonyl (C=O) groups excluding carboxylic acids is 1. The lowest BCUT2D eigenvalue weighted by atomic mass is 9.82. The van der Waals surface area contributed by atoms with Gasteiger partial charge in [-0.25, -0.2) is 9.59 Å². The van der Waals surface area contributed by atoms with Gasteiger partial charge in [-0.15, -0.1) is 0 Å². The summed E-state index contributed by atoms with van der Waals surface area (Å²) in [5, 5.41) is 3.11. The van der Waals surface area contributed by atoms with Gasteiger partial charge in [0.2, 0.25) is 0 Å². The average Bonchev–Trinajstić information content (AvgIpc) is 2.88. The summed E-state index contributed by atoms with van der Waals surface area (Å²) in [6.45, 7) is 6.35. The Morgan fingerprint density at radius 2 is 1.67 bits per heavy atom. The molecule has 0 saturated heterocycles. The Kier molecular flexibility index (Phi) is 7.15. The van der Waals surface area contributed by atoms with Gasteiger partial charge in [-0.05, 0) is 36.1 Å². The lowest BCUT2D eigenvalue weighted by molar-refractivity contribution is -0.140. The Balaban J connectivity index is 1.77. The van der Waals surface area contributed by atoms with Crippen molar-refractivity contribution in [2.45, 2.75) is 33.3 Å². The third-order valence-corrected chi connectivity index (χ3v) is 6.22. The third-order valence-electron chi connectivity index (χ3n) is 6.22. The minimum atomic E-state index is -0.713. The van der Waals surface area contributed by atoms with Crippen LogP contribution in [0.15, 0.2) is 75.5 Å². The van der Waals surface area contributed by atoms with Crippen LogP contribution in [0.4, 0.5) is 5.82 Å². The van der Waals surface area contributed by atoms with Crippen LogP contribution in [0.1, 0.15) is 43.4 Å². The molecule has 1 aromatic heterocycles. The zero-order valence-electron chi connectivity index (χ0n) is 21.2. The van der Waals surface area contributed by atoms with Crippen molar-refractivity contribution in [1.29, 1.82) is 0 Å². The standard InChI is InChI=1S/C28H31N3O5/c1-17(2)15-36-27(33)22-18(3)29-25-24(26(32)31(5)28(34)30(25)4)23(22)20-11-13-21(14-12-20)35-16-19-9-7-6-8-10-19/h6-14,17,23,29H,15-16H2,1-5H3/t23-/m1/s1. The van der Waals surface area contributed by atoms with Crippen molar-refractivity contribution in [3.63, 3.8) is 0 Å². The maximum absolute atomic E-state index is 13.3. The number of esters is 1. The zero-order chi connectivity index (χ0) is 26.0. The monoisotopic (exact) mass is 489 g/mol. The number of nitrogens with one attached hydrogen (secondary N) is 1. The minimum absolute atomic E-state index is 0.159. The Hall–Kier alpha value is -4.07. The first-order chi connectivity index (χ1) is 17.2. The maximum atomic E-state index is 13.3. The number of nitrogens with zero attached hydrogens (tertiary/aromatic N) is 2. The van der Waals surface area contributed by atoms with E-state index >= 15 is 0 Å². The molecule has 0 radical (unpaired) electrons. The molecule has 2 aromatic carbocycles. The first kappa shape index (κ1) is 25.0. The highest BCUT2D eigenvalue weighted by molar-refractivity contribution is 5.94. The van der Waals surface area contributed by atoms with Crippen LogP contribution in [0.2, 0.25) is 0 Å². The summed E-state index contributed by atoms with van der Waals surface area (Å²) in [4.78, 5) is 39.2. The second kappa shape index (κ2) is 10.3. The van der Waals surface area contributed by atoms with Gasteiger partial charge >= 0.3 is 11.7 Å². The van der Waals surface area contributed by atoms with E-state index in [1.807, 2.05) is 68.4 Å². The first-order valence-corrected chi connectivity index (χ1v) is 11.9. The van der Waals surface area contributed by atoms with Crippen LogP contribution in [0.5, 0.6) is 5.75 Å². The Bertz CT molecular complexity index is 1420. The van der Waals surface area contributed by atoms with E-state index in [2.05, 4.69) is 5.32 Å². The topological polar surface area (TPSA) is 91.6 Å². The fourth-order valence-corrected chi connectivity index (χ4v) is 4.31. The van der Waals surface area contributed by atoms with Gasteiger partial charge < -0.3 is 14.8 Å². The number of aromatic nitrogens is 2. The van der Waals surface area contributed by atoms with Gasteiger partial charge in [-0.2, -0.15) is 0 Å². The fraction of sp³-hybridized carbons (Fsp3) is 0.321. The van der Waals surface area contributed by atoms with E-state index in [1.165, 1.54) is 11.6 Å². The number of fused-ring (bicyclic) bond motifs is 1. The van der Waals surface area contributed by atoms with Crippen LogP contribution >= 0.6 is 0 Å². The van der Waals surface area contributed by atoms with Crippen molar-refractivity contribution < 1.29 is 14.3 Å². The highest BCUT2D eigenvalue weighted by atomic mass is 16.5. The van der Waals surface area contributed by atoms with Crippen molar-refractivity contribution in [2.75, 3.05) is 11.9 Å². The highest BCUT2D eigenvalue weighted by Crippen LogP contribution is 2.40. The Morgan fingerprint density at radius 3 is 2.31 bits per heavy atom. The van der Waals surface area contributed by atoms with Crippen LogP contribution < -0.4 is 21.3 Å². The molecule has 8 heteroatoms. The summed E-state index contributed by atoms with van der Waals surface area (Å²) < 4.78 is 13.9. The minimum Gasteiger partial charge on any atom is -0.489 e. The number of anilines is 1. The molecule has 0 unspecified atom stereocenters. The molecule has 1 atom stereocenters. The summed E-state index contributed by atoms with van der Waals surface area (Å²) >= 11 is 0. The number of allylic oxidation sites excluding steroid dienone is 1. The van der Waals surface area contributed by atoms with Crippen molar-refractivity contribution in [2.24, 2.45) is 20.0 Å². The molecular weight excluding hydrogens is 458 g/mol.